The van der Waals surface area contributed by atoms with Crippen LogP contribution in [-0.2, 0) is 22.7 Å². The van der Waals surface area contributed by atoms with Crippen molar-refractivity contribution in [3.63, 3.8) is 0 Å². The Morgan fingerprint density at radius 1 is 1.03 bits per heavy atom. The topological polar surface area (TPSA) is 95.6 Å². The van der Waals surface area contributed by atoms with E-state index in [1.54, 1.807) is 6.20 Å². The van der Waals surface area contributed by atoms with Crippen LogP contribution in [0.25, 0.3) is 17.2 Å². The van der Waals surface area contributed by atoms with Crippen LogP contribution < -0.4 is 0 Å². The normalized spacial score (nSPS) is 17.3. The molecule has 1 fully saturated rings. The van der Waals surface area contributed by atoms with E-state index in [1.165, 1.54) is 11.1 Å². The van der Waals surface area contributed by atoms with Gasteiger partial charge >= 0.3 is 0 Å². The van der Waals surface area contributed by atoms with E-state index in [1.807, 2.05) is 41.4 Å². The molecule has 0 N–H and O–H groups in total. The third-order valence-electron chi connectivity index (χ3n) is 6.21. The number of pyridine rings is 1. The van der Waals surface area contributed by atoms with Crippen molar-refractivity contribution in [2.75, 3.05) is 11.5 Å². The molecule has 1 atom stereocenters. The standard InChI is InChI=1S/C25H28N6O2S/c1-17-5-4-6-20(13-17)7-10-24-27-25(29-31(24)22-11-12-34(32,33)16-22)23-9-8-21(15-26-23)30-19(3)14-18(2)28-30/h4-6,8-9,13-15,22H,7,10-12,16H2,1-3H3. The first-order valence-electron chi connectivity index (χ1n) is 11.5. The van der Waals surface area contributed by atoms with Gasteiger partial charge in [-0.2, -0.15) is 5.10 Å². The predicted octanol–water partition coefficient (Wildman–Crippen LogP) is 3.60. The van der Waals surface area contributed by atoms with Crippen molar-refractivity contribution >= 4 is 9.84 Å². The first kappa shape index (κ1) is 22.5. The van der Waals surface area contributed by atoms with Gasteiger partial charge in [-0.25, -0.2) is 22.8 Å². The number of hydrogen-bond acceptors (Lipinski definition) is 6. The molecule has 3 aromatic heterocycles. The second kappa shape index (κ2) is 8.79. The van der Waals surface area contributed by atoms with Gasteiger partial charge in [-0.05, 0) is 57.4 Å². The van der Waals surface area contributed by atoms with Gasteiger partial charge in [0.2, 0.25) is 0 Å². The zero-order chi connectivity index (χ0) is 23.9. The maximum absolute atomic E-state index is 12.1. The summed E-state index contributed by atoms with van der Waals surface area (Å²) in [5.41, 5.74) is 5.95. The molecular formula is C25H28N6O2S. The van der Waals surface area contributed by atoms with Crippen LogP contribution in [0.4, 0.5) is 0 Å². The molecule has 0 amide bonds. The first-order chi connectivity index (χ1) is 16.3. The summed E-state index contributed by atoms with van der Waals surface area (Å²) in [5, 5.41) is 9.25. The lowest BCUT2D eigenvalue weighted by molar-refractivity contribution is 0.476. The molecular weight excluding hydrogens is 448 g/mol. The molecule has 0 bridgehead atoms. The van der Waals surface area contributed by atoms with Crippen molar-refractivity contribution in [2.24, 2.45) is 0 Å². The average molecular weight is 477 g/mol. The molecule has 1 aliphatic rings. The minimum Gasteiger partial charge on any atom is -0.251 e. The van der Waals surface area contributed by atoms with Crippen LogP contribution in [0.3, 0.4) is 0 Å². The van der Waals surface area contributed by atoms with Gasteiger partial charge in [0.1, 0.15) is 11.5 Å². The van der Waals surface area contributed by atoms with Gasteiger partial charge < -0.3 is 0 Å². The van der Waals surface area contributed by atoms with Crippen LogP contribution in [0.15, 0.2) is 48.7 Å². The molecule has 0 aliphatic carbocycles. The molecule has 1 aliphatic heterocycles. The largest absolute Gasteiger partial charge is 0.251 e. The van der Waals surface area contributed by atoms with Crippen LogP contribution in [0.1, 0.15) is 40.8 Å². The number of aromatic nitrogens is 6. The smallest absolute Gasteiger partial charge is 0.200 e. The van der Waals surface area contributed by atoms with Gasteiger partial charge in [0.05, 0.1) is 35.1 Å². The van der Waals surface area contributed by atoms with Crippen LogP contribution in [0, 0.1) is 20.8 Å². The van der Waals surface area contributed by atoms with Crippen LogP contribution in [0.5, 0.6) is 0 Å². The third-order valence-corrected chi connectivity index (χ3v) is 7.96. The Bertz CT molecular complexity index is 1440. The van der Waals surface area contributed by atoms with Crippen LogP contribution in [-0.4, -0.2) is 49.5 Å². The zero-order valence-electron chi connectivity index (χ0n) is 19.6. The second-order valence-electron chi connectivity index (χ2n) is 9.08. The molecule has 1 saturated heterocycles. The highest BCUT2D eigenvalue weighted by atomic mass is 32.2. The Morgan fingerprint density at radius 2 is 1.88 bits per heavy atom. The highest BCUT2D eigenvalue weighted by Crippen LogP contribution is 2.27. The van der Waals surface area contributed by atoms with Crippen LogP contribution in [0.2, 0.25) is 0 Å². The minimum atomic E-state index is -3.04. The zero-order valence-corrected chi connectivity index (χ0v) is 20.5. The Kier molecular flexibility index (Phi) is 5.81. The molecule has 1 aromatic carbocycles. The third kappa shape index (κ3) is 4.65. The fraction of sp³-hybridized carbons (Fsp3) is 0.360. The van der Waals surface area contributed by atoms with E-state index in [9.17, 15) is 8.42 Å². The molecule has 8 nitrogen and oxygen atoms in total. The number of rotatable bonds is 6. The van der Waals surface area contributed by atoms with E-state index in [0.29, 0.717) is 24.4 Å². The van der Waals surface area contributed by atoms with E-state index in [-0.39, 0.29) is 17.5 Å². The summed E-state index contributed by atoms with van der Waals surface area (Å²) >= 11 is 0. The van der Waals surface area contributed by atoms with E-state index in [4.69, 9.17) is 10.1 Å². The SMILES string of the molecule is Cc1cccc(CCc2nc(-c3ccc(-n4nc(C)cc4C)cn3)nn2C2CCS(=O)(=O)C2)c1. The molecule has 0 radical (unpaired) electrons. The summed E-state index contributed by atoms with van der Waals surface area (Å²) in [4.78, 5) is 9.40. The Balaban J connectivity index is 1.45. The maximum atomic E-state index is 12.1. The van der Waals surface area contributed by atoms with E-state index in [2.05, 4.69) is 41.3 Å². The fourth-order valence-corrected chi connectivity index (χ4v) is 6.24. The summed E-state index contributed by atoms with van der Waals surface area (Å²) in [6.07, 6.45) is 3.81. The first-order valence-corrected chi connectivity index (χ1v) is 13.3. The summed E-state index contributed by atoms with van der Waals surface area (Å²) in [6.45, 7) is 6.05. The lowest BCUT2D eigenvalue weighted by Gasteiger charge is -2.11. The number of nitrogens with zero attached hydrogens (tertiary/aromatic N) is 6. The van der Waals surface area contributed by atoms with Crippen molar-refractivity contribution in [3.05, 3.63) is 77.0 Å². The van der Waals surface area contributed by atoms with E-state index in [0.717, 1.165) is 29.3 Å². The summed E-state index contributed by atoms with van der Waals surface area (Å²) < 4.78 is 28.0. The molecule has 34 heavy (non-hydrogen) atoms. The molecule has 9 heteroatoms. The second-order valence-corrected chi connectivity index (χ2v) is 11.3. The van der Waals surface area contributed by atoms with Gasteiger partial charge in [-0.15, -0.1) is 5.10 Å². The lowest BCUT2D eigenvalue weighted by atomic mass is 10.1. The van der Waals surface area contributed by atoms with E-state index < -0.39 is 9.84 Å². The van der Waals surface area contributed by atoms with Crippen LogP contribution >= 0.6 is 0 Å². The monoisotopic (exact) mass is 476 g/mol. The Labute approximate surface area is 199 Å². The van der Waals surface area contributed by atoms with Crippen molar-refractivity contribution < 1.29 is 8.42 Å². The summed E-state index contributed by atoms with van der Waals surface area (Å²) in [7, 11) is -3.04. The van der Waals surface area contributed by atoms with Crippen molar-refractivity contribution in [2.45, 2.75) is 46.1 Å². The number of hydrogen-bond donors (Lipinski definition) is 0. The summed E-state index contributed by atoms with van der Waals surface area (Å²) in [6, 6.07) is 14.1. The number of sulfone groups is 1. The van der Waals surface area contributed by atoms with Crippen molar-refractivity contribution in [1.82, 2.24) is 29.5 Å². The fourth-order valence-electron chi connectivity index (χ4n) is 4.55. The Hall–Kier alpha value is -3.33. The van der Waals surface area contributed by atoms with Gasteiger partial charge in [-0.1, -0.05) is 29.8 Å². The minimum absolute atomic E-state index is 0.109. The number of benzene rings is 1. The van der Waals surface area contributed by atoms with Crippen molar-refractivity contribution in [3.8, 4) is 17.2 Å². The molecule has 4 heterocycles. The van der Waals surface area contributed by atoms with Gasteiger partial charge in [0, 0.05) is 12.1 Å². The Morgan fingerprint density at radius 3 is 2.53 bits per heavy atom. The molecule has 176 valence electrons. The molecule has 0 spiro atoms. The molecule has 1 unspecified atom stereocenters. The molecule has 5 rings (SSSR count). The lowest BCUT2D eigenvalue weighted by Crippen LogP contribution is -2.16. The summed E-state index contributed by atoms with van der Waals surface area (Å²) in [5.74, 6) is 1.61. The number of aryl methyl sites for hydroxylation is 5. The predicted molar refractivity (Wildman–Crippen MR) is 131 cm³/mol. The van der Waals surface area contributed by atoms with Gasteiger partial charge in [-0.3, -0.25) is 4.98 Å². The van der Waals surface area contributed by atoms with E-state index >= 15 is 0 Å². The maximum Gasteiger partial charge on any atom is 0.200 e. The van der Waals surface area contributed by atoms with Crippen molar-refractivity contribution in [1.29, 1.82) is 0 Å². The van der Waals surface area contributed by atoms with Gasteiger partial charge in [0.15, 0.2) is 15.7 Å². The molecule has 4 aromatic rings. The highest BCUT2D eigenvalue weighted by Gasteiger charge is 2.32. The average Bonchev–Trinajstić information content (AvgIpc) is 3.48. The highest BCUT2D eigenvalue weighted by molar-refractivity contribution is 7.91. The molecule has 0 saturated carbocycles. The van der Waals surface area contributed by atoms with Gasteiger partial charge in [0.25, 0.3) is 0 Å². The quantitative estimate of drug-likeness (QED) is 0.422.